The van der Waals surface area contributed by atoms with Crippen molar-refractivity contribution in [3.63, 3.8) is 0 Å². The number of carbonyl (C=O) groups excluding carboxylic acids is 1. The molecule has 0 aromatic rings. The highest BCUT2D eigenvalue weighted by Gasteiger charge is 2.44. The summed E-state index contributed by atoms with van der Waals surface area (Å²) in [5.41, 5.74) is 0. The molecular formula is C51H101NO10. The highest BCUT2D eigenvalue weighted by molar-refractivity contribution is 5.80. The molecule has 62 heavy (non-hydrogen) atoms. The topological polar surface area (TPSA) is 189 Å². The lowest BCUT2D eigenvalue weighted by atomic mass is 9.98. The highest BCUT2D eigenvalue weighted by atomic mass is 16.7. The van der Waals surface area contributed by atoms with Crippen LogP contribution in [-0.2, 0) is 14.3 Å². The maximum absolute atomic E-state index is 13.1. The monoisotopic (exact) mass is 888 g/mol. The molecule has 1 rings (SSSR count). The van der Waals surface area contributed by atoms with Gasteiger partial charge < -0.3 is 50.5 Å². The van der Waals surface area contributed by atoms with Gasteiger partial charge in [0.15, 0.2) is 6.29 Å². The van der Waals surface area contributed by atoms with Gasteiger partial charge in [-0.2, -0.15) is 0 Å². The number of unbranched alkanes of at least 4 members (excludes halogenated alkanes) is 33. The third-order valence-electron chi connectivity index (χ3n) is 13.2. The van der Waals surface area contributed by atoms with Crippen molar-refractivity contribution in [1.82, 2.24) is 5.32 Å². The number of hydrogen-bond acceptors (Lipinski definition) is 10. The smallest absolute Gasteiger partial charge is 0.249 e. The number of aliphatic hydroxyl groups is 7. The molecule has 1 heterocycles. The zero-order valence-electron chi connectivity index (χ0n) is 40.1. The van der Waals surface area contributed by atoms with Crippen molar-refractivity contribution in [2.45, 2.75) is 306 Å². The van der Waals surface area contributed by atoms with Crippen LogP contribution in [0.4, 0.5) is 0 Å². The first-order valence-corrected chi connectivity index (χ1v) is 26.4. The summed E-state index contributed by atoms with van der Waals surface area (Å²) in [4.78, 5) is 13.1. The summed E-state index contributed by atoms with van der Waals surface area (Å²) in [5, 5.41) is 75.9. The van der Waals surface area contributed by atoms with E-state index in [4.69, 9.17) is 9.47 Å². The third kappa shape index (κ3) is 30.3. The van der Waals surface area contributed by atoms with Crippen LogP contribution in [-0.4, -0.2) is 110 Å². The first-order chi connectivity index (χ1) is 30.2. The number of rotatable bonds is 45. The summed E-state index contributed by atoms with van der Waals surface area (Å²) in [6.45, 7) is 3.47. The van der Waals surface area contributed by atoms with Crippen molar-refractivity contribution in [1.29, 1.82) is 0 Å². The Hall–Kier alpha value is -0.890. The van der Waals surface area contributed by atoms with Crippen LogP contribution in [0.15, 0.2) is 0 Å². The molecule has 370 valence electrons. The summed E-state index contributed by atoms with van der Waals surface area (Å²) < 4.78 is 11.1. The zero-order valence-corrected chi connectivity index (χ0v) is 40.1. The molecule has 0 spiro atoms. The first-order valence-electron chi connectivity index (χ1n) is 26.4. The number of ether oxygens (including phenoxy) is 2. The fourth-order valence-corrected chi connectivity index (χ4v) is 8.80. The lowest BCUT2D eigenvalue weighted by molar-refractivity contribution is -0.303. The van der Waals surface area contributed by atoms with Crippen LogP contribution in [0.1, 0.15) is 251 Å². The van der Waals surface area contributed by atoms with E-state index < -0.39 is 74.2 Å². The Bertz CT molecular complexity index is 975. The van der Waals surface area contributed by atoms with Crippen molar-refractivity contribution in [3.05, 3.63) is 0 Å². The Morgan fingerprint density at radius 3 is 1.19 bits per heavy atom. The van der Waals surface area contributed by atoms with E-state index in [1.165, 1.54) is 173 Å². The highest BCUT2D eigenvalue weighted by Crippen LogP contribution is 2.23. The van der Waals surface area contributed by atoms with Crippen LogP contribution in [0.5, 0.6) is 0 Å². The van der Waals surface area contributed by atoms with E-state index in [0.29, 0.717) is 19.3 Å². The van der Waals surface area contributed by atoms with Crippen molar-refractivity contribution in [3.8, 4) is 0 Å². The standard InChI is InChI=1S/C51H101NO10/c1-3-5-7-9-11-13-15-17-18-19-20-21-22-23-24-25-27-29-31-33-35-37-39-44(55)50(60)52-42(41-61-51-49(59)48(58)47(57)45(40-53)62-51)46(56)43(54)38-36-34-32-30-28-26-16-14-12-10-8-6-4-2/h42-49,51,53-59H,3-41H2,1-2H3,(H,52,60). The number of amides is 1. The Kier molecular flexibility index (Phi) is 39.6. The Morgan fingerprint density at radius 2 is 0.839 bits per heavy atom. The maximum atomic E-state index is 13.1. The van der Waals surface area contributed by atoms with Crippen LogP contribution in [0.2, 0.25) is 0 Å². The molecule has 11 heteroatoms. The summed E-state index contributed by atoms with van der Waals surface area (Å²) in [6.07, 6.45) is 32.9. The van der Waals surface area contributed by atoms with Gasteiger partial charge in [0.25, 0.3) is 0 Å². The Labute approximate surface area is 379 Å². The molecule has 1 aliphatic heterocycles. The lowest BCUT2D eigenvalue weighted by Gasteiger charge is -2.40. The average molecular weight is 888 g/mol. The Morgan fingerprint density at radius 1 is 0.500 bits per heavy atom. The van der Waals surface area contributed by atoms with E-state index in [-0.39, 0.29) is 6.42 Å². The predicted molar refractivity (Wildman–Crippen MR) is 252 cm³/mol. The average Bonchev–Trinajstić information content (AvgIpc) is 3.27. The largest absolute Gasteiger partial charge is 0.394 e. The van der Waals surface area contributed by atoms with Gasteiger partial charge in [0.05, 0.1) is 25.4 Å². The normalized spacial score (nSPS) is 21.2. The van der Waals surface area contributed by atoms with E-state index in [9.17, 15) is 40.5 Å². The van der Waals surface area contributed by atoms with Gasteiger partial charge in [0.2, 0.25) is 5.91 Å². The minimum atomic E-state index is -1.66. The van der Waals surface area contributed by atoms with E-state index in [1.807, 2.05) is 0 Å². The molecule has 1 aliphatic rings. The molecule has 0 bridgehead atoms. The zero-order chi connectivity index (χ0) is 45.5. The Balaban J connectivity index is 2.32. The van der Waals surface area contributed by atoms with Gasteiger partial charge in [-0.15, -0.1) is 0 Å². The molecule has 1 saturated heterocycles. The molecule has 9 atom stereocenters. The molecule has 0 saturated carbocycles. The summed E-state index contributed by atoms with van der Waals surface area (Å²) in [7, 11) is 0. The van der Waals surface area contributed by atoms with Gasteiger partial charge in [0.1, 0.15) is 36.6 Å². The van der Waals surface area contributed by atoms with Crippen molar-refractivity contribution in [2.24, 2.45) is 0 Å². The molecule has 1 amide bonds. The van der Waals surface area contributed by atoms with Crippen molar-refractivity contribution < 1.29 is 50.0 Å². The quantitative estimate of drug-likeness (QED) is 0.0273. The van der Waals surface area contributed by atoms with E-state index >= 15 is 0 Å². The van der Waals surface area contributed by atoms with Gasteiger partial charge in [-0.1, -0.05) is 239 Å². The van der Waals surface area contributed by atoms with Crippen LogP contribution in [0, 0.1) is 0 Å². The fraction of sp³-hybridized carbons (Fsp3) is 0.980. The van der Waals surface area contributed by atoms with Crippen molar-refractivity contribution in [2.75, 3.05) is 13.2 Å². The molecule has 0 radical (unpaired) electrons. The molecule has 0 aromatic heterocycles. The first kappa shape index (κ1) is 59.1. The third-order valence-corrected chi connectivity index (χ3v) is 13.2. The van der Waals surface area contributed by atoms with E-state index in [2.05, 4.69) is 19.2 Å². The predicted octanol–water partition coefficient (Wildman–Crippen LogP) is 9.84. The number of hydrogen-bond donors (Lipinski definition) is 8. The summed E-state index contributed by atoms with van der Waals surface area (Å²) >= 11 is 0. The molecule has 8 N–H and O–H groups in total. The minimum absolute atomic E-state index is 0.267. The second-order valence-corrected chi connectivity index (χ2v) is 19.0. The number of nitrogens with one attached hydrogen (secondary N) is 1. The second kappa shape index (κ2) is 41.5. The van der Waals surface area contributed by atoms with E-state index in [1.54, 1.807) is 0 Å². The summed E-state index contributed by atoms with van der Waals surface area (Å²) in [5.74, 6) is -0.692. The fourth-order valence-electron chi connectivity index (χ4n) is 8.80. The van der Waals surface area contributed by atoms with E-state index in [0.717, 1.165) is 38.5 Å². The molecule has 9 unspecified atom stereocenters. The minimum Gasteiger partial charge on any atom is -0.394 e. The number of carbonyl (C=O) groups is 1. The summed E-state index contributed by atoms with van der Waals surface area (Å²) in [6, 6.07) is -1.16. The van der Waals surface area contributed by atoms with Crippen molar-refractivity contribution >= 4 is 5.91 Å². The van der Waals surface area contributed by atoms with Crippen LogP contribution < -0.4 is 5.32 Å². The van der Waals surface area contributed by atoms with Gasteiger partial charge >= 0.3 is 0 Å². The van der Waals surface area contributed by atoms with Crippen LogP contribution >= 0.6 is 0 Å². The van der Waals surface area contributed by atoms with Gasteiger partial charge in [-0.25, -0.2) is 0 Å². The van der Waals surface area contributed by atoms with Gasteiger partial charge in [0, 0.05) is 0 Å². The molecular weight excluding hydrogens is 787 g/mol. The molecule has 0 aromatic carbocycles. The SMILES string of the molecule is CCCCCCCCCCCCCCCCCCCCCCCCC(O)C(=O)NC(COC1OC(CO)C(O)C(O)C1O)C(O)C(O)CCCCCCCCCCCCCCC. The number of aliphatic hydroxyl groups excluding tert-OH is 7. The van der Waals surface area contributed by atoms with Crippen LogP contribution in [0.25, 0.3) is 0 Å². The van der Waals surface area contributed by atoms with Gasteiger partial charge in [-0.3, -0.25) is 4.79 Å². The molecule has 11 nitrogen and oxygen atoms in total. The van der Waals surface area contributed by atoms with Crippen LogP contribution in [0.3, 0.4) is 0 Å². The maximum Gasteiger partial charge on any atom is 0.249 e. The lowest BCUT2D eigenvalue weighted by Crippen LogP contribution is -2.60. The van der Waals surface area contributed by atoms with Gasteiger partial charge in [-0.05, 0) is 12.8 Å². The second-order valence-electron chi connectivity index (χ2n) is 19.0. The molecule has 1 fully saturated rings. The molecule has 0 aliphatic carbocycles.